The van der Waals surface area contributed by atoms with Crippen molar-refractivity contribution >= 4 is 70.1 Å². The van der Waals surface area contributed by atoms with Gasteiger partial charge in [0.15, 0.2) is 0 Å². The molecule has 0 N–H and O–H groups in total. The van der Waals surface area contributed by atoms with E-state index in [-0.39, 0.29) is 0 Å². The van der Waals surface area contributed by atoms with Gasteiger partial charge in [0.2, 0.25) is 0 Å². The minimum absolute atomic E-state index is 1.11. The molecule has 0 atom stereocenters. The number of anilines is 3. The van der Waals surface area contributed by atoms with Crippen LogP contribution in [0, 0.1) is 0 Å². The van der Waals surface area contributed by atoms with Crippen molar-refractivity contribution in [2.24, 2.45) is 0 Å². The zero-order valence-electron chi connectivity index (χ0n) is 28.4. The molecule has 0 bridgehead atoms. The van der Waals surface area contributed by atoms with Gasteiger partial charge in [0.1, 0.15) is 0 Å². The Bertz CT molecular complexity index is 2900. The number of hydrogen-bond acceptors (Lipinski definition) is 2. The molecular formula is C50H33NS. The lowest BCUT2D eigenvalue weighted by Crippen LogP contribution is -2.11. The van der Waals surface area contributed by atoms with Crippen LogP contribution >= 0.6 is 11.3 Å². The average molecular weight is 680 g/mol. The molecule has 0 aliphatic rings. The molecule has 1 nitrogen and oxygen atoms in total. The Kier molecular flexibility index (Phi) is 7.41. The van der Waals surface area contributed by atoms with Crippen LogP contribution in [0.1, 0.15) is 0 Å². The molecule has 0 unspecified atom stereocenters. The maximum absolute atomic E-state index is 2.43. The van der Waals surface area contributed by atoms with E-state index in [1.807, 2.05) is 11.3 Å². The van der Waals surface area contributed by atoms with Crippen molar-refractivity contribution in [1.29, 1.82) is 0 Å². The summed E-state index contributed by atoms with van der Waals surface area (Å²) < 4.78 is 2.66. The van der Waals surface area contributed by atoms with Gasteiger partial charge in [-0.05, 0) is 85.8 Å². The second-order valence-corrected chi connectivity index (χ2v) is 14.3. The number of hydrogen-bond donors (Lipinski definition) is 0. The smallest absolute Gasteiger partial charge is 0.0540 e. The Morgan fingerprint density at radius 3 is 1.81 bits per heavy atom. The van der Waals surface area contributed by atoms with Gasteiger partial charge in [-0.25, -0.2) is 0 Å². The summed E-state index contributed by atoms with van der Waals surface area (Å²) in [7, 11) is 0. The van der Waals surface area contributed by atoms with Gasteiger partial charge in [-0.2, -0.15) is 0 Å². The number of nitrogens with zero attached hydrogens (tertiary/aromatic N) is 1. The summed E-state index contributed by atoms with van der Waals surface area (Å²) in [6.07, 6.45) is 0. The number of fused-ring (bicyclic) bond motifs is 5. The first kappa shape index (κ1) is 30.4. The van der Waals surface area contributed by atoms with Crippen LogP contribution in [0.2, 0.25) is 0 Å². The highest BCUT2D eigenvalue weighted by molar-refractivity contribution is 7.26. The maximum atomic E-state index is 2.43. The second-order valence-electron chi connectivity index (χ2n) is 13.3. The molecule has 1 aromatic heterocycles. The maximum Gasteiger partial charge on any atom is 0.0540 e. The normalized spacial score (nSPS) is 11.5. The Morgan fingerprint density at radius 1 is 0.346 bits per heavy atom. The number of para-hydroxylation sites is 1. The molecule has 1 heterocycles. The lowest BCUT2D eigenvalue weighted by Gasteiger charge is -2.29. The molecule has 0 aliphatic heterocycles. The van der Waals surface area contributed by atoms with E-state index in [2.05, 4.69) is 205 Å². The number of rotatable bonds is 6. The van der Waals surface area contributed by atoms with Crippen LogP contribution in [0.15, 0.2) is 200 Å². The van der Waals surface area contributed by atoms with E-state index >= 15 is 0 Å². The fourth-order valence-electron chi connectivity index (χ4n) is 7.83. The molecule has 0 radical (unpaired) electrons. The quantitative estimate of drug-likeness (QED) is 0.169. The summed E-state index contributed by atoms with van der Waals surface area (Å²) in [6.45, 7) is 0. The summed E-state index contributed by atoms with van der Waals surface area (Å²) in [6, 6.07) is 72.9. The summed E-state index contributed by atoms with van der Waals surface area (Å²) in [5, 5.41) is 7.57. The first-order valence-corrected chi connectivity index (χ1v) is 18.6. The van der Waals surface area contributed by atoms with Gasteiger partial charge >= 0.3 is 0 Å². The molecule has 0 saturated carbocycles. The SMILES string of the molecule is c1ccc(-c2cccc3cccc(-c4ccccc4N(c4ccc(-c5cccc6c5sc5ccccc56)cc4)c4ccc5ccccc5c4)c23)cc1. The van der Waals surface area contributed by atoms with Crippen LogP contribution in [-0.4, -0.2) is 0 Å². The predicted octanol–water partition coefficient (Wildman–Crippen LogP) is 14.8. The second kappa shape index (κ2) is 12.7. The van der Waals surface area contributed by atoms with Crippen molar-refractivity contribution in [2.75, 3.05) is 4.90 Å². The van der Waals surface area contributed by atoms with Crippen molar-refractivity contribution < 1.29 is 0 Å². The molecule has 10 aromatic rings. The zero-order valence-corrected chi connectivity index (χ0v) is 29.2. The van der Waals surface area contributed by atoms with Gasteiger partial charge < -0.3 is 4.90 Å². The number of benzene rings is 9. The van der Waals surface area contributed by atoms with Gasteiger partial charge in [-0.15, -0.1) is 11.3 Å². The summed E-state index contributed by atoms with van der Waals surface area (Å²) in [5.41, 5.74) is 10.7. The molecule has 52 heavy (non-hydrogen) atoms. The van der Waals surface area contributed by atoms with Gasteiger partial charge in [0.25, 0.3) is 0 Å². The van der Waals surface area contributed by atoms with Crippen molar-refractivity contribution in [2.45, 2.75) is 0 Å². The Hall–Kier alpha value is -6.48. The fraction of sp³-hybridized carbons (Fsp3) is 0. The van der Waals surface area contributed by atoms with Gasteiger partial charge in [0, 0.05) is 37.1 Å². The molecule has 9 aromatic carbocycles. The summed E-state index contributed by atoms with van der Waals surface area (Å²) in [4.78, 5) is 2.43. The Labute approximate surface area is 307 Å². The van der Waals surface area contributed by atoms with Crippen LogP contribution in [-0.2, 0) is 0 Å². The molecular weight excluding hydrogens is 647 g/mol. The fourth-order valence-corrected chi connectivity index (χ4v) is 9.07. The third-order valence-corrected chi connectivity index (χ3v) is 11.5. The highest BCUT2D eigenvalue weighted by Gasteiger charge is 2.20. The third-order valence-electron chi connectivity index (χ3n) is 10.3. The van der Waals surface area contributed by atoms with E-state index in [4.69, 9.17) is 0 Å². The van der Waals surface area contributed by atoms with Crippen LogP contribution in [0.4, 0.5) is 17.1 Å². The number of thiophene rings is 1. The molecule has 10 rings (SSSR count). The Balaban J connectivity index is 1.17. The topological polar surface area (TPSA) is 3.24 Å². The van der Waals surface area contributed by atoms with E-state index < -0.39 is 0 Å². The van der Waals surface area contributed by atoms with Crippen LogP contribution in [0.5, 0.6) is 0 Å². The molecule has 2 heteroatoms. The first-order chi connectivity index (χ1) is 25.8. The van der Waals surface area contributed by atoms with Crippen molar-refractivity contribution in [3.63, 3.8) is 0 Å². The molecule has 244 valence electrons. The average Bonchev–Trinajstić information content (AvgIpc) is 3.60. The highest BCUT2D eigenvalue weighted by Crippen LogP contribution is 2.46. The predicted molar refractivity (Wildman–Crippen MR) is 225 cm³/mol. The summed E-state index contributed by atoms with van der Waals surface area (Å²) in [5.74, 6) is 0. The van der Waals surface area contributed by atoms with Crippen LogP contribution < -0.4 is 4.90 Å². The lowest BCUT2D eigenvalue weighted by atomic mass is 9.90. The van der Waals surface area contributed by atoms with Crippen LogP contribution in [0.3, 0.4) is 0 Å². The molecule has 0 aliphatic carbocycles. The minimum Gasteiger partial charge on any atom is -0.310 e. The standard InChI is InChI=1S/C50H33NS/c1-2-14-35(15-3-1)41-21-10-17-37-18-11-23-45(49(37)41)43-19-6-8-25-47(43)51(40-32-27-34-13-4-5-16-38(34)33-40)39-30-28-36(29-31-39)42-22-12-24-46-44-20-7-9-26-48(44)52-50(42)46/h1-33H. The van der Waals surface area contributed by atoms with E-state index in [9.17, 15) is 0 Å². The van der Waals surface area contributed by atoms with E-state index in [0.717, 1.165) is 17.1 Å². The third kappa shape index (κ3) is 5.16. The molecule has 0 fully saturated rings. The van der Waals surface area contributed by atoms with Gasteiger partial charge in [-0.1, -0.05) is 164 Å². The van der Waals surface area contributed by atoms with Gasteiger partial charge in [-0.3, -0.25) is 0 Å². The van der Waals surface area contributed by atoms with Gasteiger partial charge in [0.05, 0.1) is 5.69 Å². The first-order valence-electron chi connectivity index (χ1n) is 17.8. The lowest BCUT2D eigenvalue weighted by molar-refractivity contribution is 1.29. The largest absolute Gasteiger partial charge is 0.310 e. The molecule has 0 saturated heterocycles. The summed E-state index contributed by atoms with van der Waals surface area (Å²) >= 11 is 1.88. The van der Waals surface area contributed by atoms with Crippen molar-refractivity contribution in [3.05, 3.63) is 200 Å². The molecule has 0 amide bonds. The van der Waals surface area contributed by atoms with Crippen LogP contribution in [0.25, 0.3) is 75.1 Å². The van der Waals surface area contributed by atoms with E-state index in [0.29, 0.717) is 0 Å². The minimum atomic E-state index is 1.11. The van der Waals surface area contributed by atoms with Crippen molar-refractivity contribution in [1.82, 2.24) is 0 Å². The Morgan fingerprint density at radius 2 is 0.942 bits per heavy atom. The highest BCUT2D eigenvalue weighted by atomic mass is 32.1. The molecule has 0 spiro atoms. The van der Waals surface area contributed by atoms with E-state index in [1.54, 1.807) is 0 Å². The monoisotopic (exact) mass is 679 g/mol. The zero-order chi connectivity index (χ0) is 34.4. The van der Waals surface area contributed by atoms with Crippen molar-refractivity contribution in [3.8, 4) is 33.4 Å². The van der Waals surface area contributed by atoms with E-state index in [1.165, 1.54) is 75.1 Å².